The fraction of sp³-hybridized carbons (Fsp3) is 0.286. The van der Waals surface area contributed by atoms with Crippen LogP contribution in [0.5, 0.6) is 5.75 Å². The first-order valence-electron chi connectivity index (χ1n) is 6.43. The Morgan fingerprint density at radius 2 is 2.14 bits per heavy atom. The van der Waals surface area contributed by atoms with Gasteiger partial charge in [0, 0.05) is 12.3 Å². The molecule has 0 bridgehead atoms. The highest BCUT2D eigenvalue weighted by molar-refractivity contribution is 5.94. The molecule has 1 heterocycles. The summed E-state index contributed by atoms with van der Waals surface area (Å²) >= 11 is 0. The SMILES string of the molecule is Cc1cnn(C(C)C(=O)Nc2ccc(F)cc2OC(F)F)c1. The molecule has 1 aromatic heterocycles. The normalized spacial score (nSPS) is 12.3. The molecule has 1 unspecified atom stereocenters. The van der Waals surface area contributed by atoms with E-state index in [9.17, 15) is 18.0 Å². The summed E-state index contributed by atoms with van der Waals surface area (Å²) in [4.78, 5) is 12.1. The molecule has 1 atom stereocenters. The maximum Gasteiger partial charge on any atom is 0.387 e. The van der Waals surface area contributed by atoms with Gasteiger partial charge in [-0.25, -0.2) is 4.39 Å². The molecule has 1 N–H and O–H groups in total. The quantitative estimate of drug-likeness (QED) is 0.922. The van der Waals surface area contributed by atoms with Crippen molar-refractivity contribution in [2.75, 3.05) is 5.32 Å². The van der Waals surface area contributed by atoms with E-state index in [1.807, 2.05) is 6.92 Å². The molecule has 0 saturated carbocycles. The number of anilines is 1. The van der Waals surface area contributed by atoms with Crippen LogP contribution in [0.3, 0.4) is 0 Å². The predicted octanol–water partition coefficient (Wildman–Crippen LogP) is 3.13. The van der Waals surface area contributed by atoms with Gasteiger partial charge >= 0.3 is 6.61 Å². The zero-order chi connectivity index (χ0) is 16.3. The third kappa shape index (κ3) is 3.78. The summed E-state index contributed by atoms with van der Waals surface area (Å²) in [7, 11) is 0. The van der Waals surface area contributed by atoms with Gasteiger partial charge in [-0.1, -0.05) is 0 Å². The Morgan fingerprint density at radius 3 is 2.73 bits per heavy atom. The van der Waals surface area contributed by atoms with Gasteiger partial charge in [-0.15, -0.1) is 0 Å². The Hall–Kier alpha value is -2.51. The second-order valence-corrected chi connectivity index (χ2v) is 4.68. The Balaban J connectivity index is 2.17. The van der Waals surface area contributed by atoms with Crippen LogP contribution in [0, 0.1) is 12.7 Å². The number of ether oxygens (including phenoxy) is 1. The highest BCUT2D eigenvalue weighted by Gasteiger charge is 2.19. The van der Waals surface area contributed by atoms with Gasteiger partial charge in [0.2, 0.25) is 5.91 Å². The number of alkyl halides is 2. The number of nitrogens with one attached hydrogen (secondary N) is 1. The number of halogens is 3. The molecule has 0 aliphatic rings. The second-order valence-electron chi connectivity index (χ2n) is 4.68. The summed E-state index contributed by atoms with van der Waals surface area (Å²) in [5, 5.41) is 6.43. The summed E-state index contributed by atoms with van der Waals surface area (Å²) in [6.45, 7) is 0.297. The van der Waals surface area contributed by atoms with E-state index >= 15 is 0 Å². The monoisotopic (exact) mass is 313 g/mol. The number of hydrogen-bond acceptors (Lipinski definition) is 3. The average Bonchev–Trinajstić information content (AvgIpc) is 2.87. The van der Waals surface area contributed by atoms with E-state index in [-0.39, 0.29) is 5.69 Å². The van der Waals surface area contributed by atoms with Gasteiger partial charge in [-0.3, -0.25) is 9.48 Å². The van der Waals surface area contributed by atoms with Gasteiger partial charge in [0.25, 0.3) is 0 Å². The van der Waals surface area contributed by atoms with Crippen LogP contribution in [-0.2, 0) is 4.79 Å². The van der Waals surface area contributed by atoms with E-state index in [0.717, 1.165) is 23.8 Å². The van der Waals surface area contributed by atoms with Crippen molar-refractivity contribution in [3.63, 3.8) is 0 Å². The zero-order valence-electron chi connectivity index (χ0n) is 11.9. The first-order chi connectivity index (χ1) is 10.4. The number of carbonyl (C=O) groups is 1. The standard InChI is InChI=1S/C14H14F3N3O2/c1-8-6-18-20(7-8)9(2)13(21)19-11-4-3-10(15)5-12(11)22-14(16)17/h3-7,9,14H,1-2H3,(H,19,21). The Morgan fingerprint density at radius 1 is 1.41 bits per heavy atom. The first kappa shape index (κ1) is 15.9. The molecular weight excluding hydrogens is 299 g/mol. The summed E-state index contributed by atoms with van der Waals surface area (Å²) in [5.74, 6) is -1.68. The first-order valence-corrected chi connectivity index (χ1v) is 6.43. The predicted molar refractivity (Wildman–Crippen MR) is 73.3 cm³/mol. The third-order valence-corrected chi connectivity index (χ3v) is 2.92. The largest absolute Gasteiger partial charge is 0.432 e. The molecule has 0 aliphatic heterocycles. The maximum absolute atomic E-state index is 13.1. The fourth-order valence-electron chi connectivity index (χ4n) is 1.80. The van der Waals surface area contributed by atoms with Crippen LogP contribution in [0.4, 0.5) is 18.9 Å². The molecule has 5 nitrogen and oxygen atoms in total. The molecule has 0 radical (unpaired) electrons. The van der Waals surface area contributed by atoms with Crippen molar-refractivity contribution in [1.82, 2.24) is 9.78 Å². The molecule has 1 aromatic carbocycles. The minimum Gasteiger partial charge on any atom is -0.432 e. The molecule has 118 valence electrons. The van der Waals surface area contributed by atoms with Crippen LogP contribution in [0.1, 0.15) is 18.5 Å². The number of benzene rings is 1. The highest BCUT2D eigenvalue weighted by Crippen LogP contribution is 2.27. The van der Waals surface area contributed by atoms with Crippen molar-refractivity contribution >= 4 is 11.6 Å². The molecule has 0 aliphatic carbocycles. The minimum absolute atomic E-state index is 0.0394. The highest BCUT2D eigenvalue weighted by atomic mass is 19.3. The Kier molecular flexibility index (Phi) is 4.69. The number of carbonyl (C=O) groups excluding carboxylic acids is 1. The lowest BCUT2D eigenvalue weighted by molar-refractivity contribution is -0.119. The van der Waals surface area contributed by atoms with E-state index in [4.69, 9.17) is 0 Å². The van der Waals surface area contributed by atoms with Crippen LogP contribution in [0.2, 0.25) is 0 Å². The smallest absolute Gasteiger partial charge is 0.387 e. The number of aryl methyl sites for hydroxylation is 1. The lowest BCUT2D eigenvalue weighted by Gasteiger charge is -2.15. The Bertz CT molecular complexity index is 673. The molecular formula is C14H14F3N3O2. The number of aromatic nitrogens is 2. The number of amides is 1. The fourth-order valence-corrected chi connectivity index (χ4v) is 1.80. The summed E-state index contributed by atoms with van der Waals surface area (Å²) in [6, 6.07) is 2.31. The van der Waals surface area contributed by atoms with Crippen molar-refractivity contribution in [3.8, 4) is 5.75 Å². The van der Waals surface area contributed by atoms with Gasteiger partial charge in [-0.05, 0) is 31.5 Å². The summed E-state index contributed by atoms with van der Waals surface area (Å²) in [5.41, 5.74) is 0.839. The second kappa shape index (κ2) is 6.50. The molecule has 0 saturated heterocycles. The third-order valence-electron chi connectivity index (χ3n) is 2.92. The van der Waals surface area contributed by atoms with Crippen LogP contribution >= 0.6 is 0 Å². The van der Waals surface area contributed by atoms with E-state index in [1.54, 1.807) is 19.3 Å². The van der Waals surface area contributed by atoms with Crippen LogP contribution in [0.15, 0.2) is 30.6 Å². The number of rotatable bonds is 5. The van der Waals surface area contributed by atoms with Gasteiger partial charge in [0.05, 0.1) is 11.9 Å². The number of hydrogen-bond donors (Lipinski definition) is 1. The average molecular weight is 313 g/mol. The zero-order valence-corrected chi connectivity index (χ0v) is 11.9. The summed E-state index contributed by atoms with van der Waals surface area (Å²) in [6.07, 6.45) is 3.26. The van der Waals surface area contributed by atoms with Gasteiger partial charge in [-0.2, -0.15) is 13.9 Å². The number of nitrogens with zero attached hydrogens (tertiary/aromatic N) is 2. The van der Waals surface area contributed by atoms with E-state index in [1.165, 1.54) is 4.68 Å². The van der Waals surface area contributed by atoms with Crippen molar-refractivity contribution in [2.24, 2.45) is 0 Å². The van der Waals surface area contributed by atoms with Crippen molar-refractivity contribution in [3.05, 3.63) is 42.0 Å². The van der Waals surface area contributed by atoms with E-state index in [0.29, 0.717) is 0 Å². The molecule has 2 rings (SSSR count). The van der Waals surface area contributed by atoms with Crippen molar-refractivity contribution < 1.29 is 22.7 Å². The lowest BCUT2D eigenvalue weighted by Crippen LogP contribution is -2.24. The van der Waals surface area contributed by atoms with Gasteiger partial charge in [0.15, 0.2) is 5.75 Å². The van der Waals surface area contributed by atoms with Crippen molar-refractivity contribution in [1.29, 1.82) is 0 Å². The van der Waals surface area contributed by atoms with Gasteiger partial charge < -0.3 is 10.1 Å². The molecule has 8 heteroatoms. The molecule has 0 fully saturated rings. The molecule has 0 spiro atoms. The Labute approximate surface area is 124 Å². The van der Waals surface area contributed by atoms with Crippen LogP contribution in [0.25, 0.3) is 0 Å². The molecule has 2 aromatic rings. The van der Waals surface area contributed by atoms with Crippen molar-refractivity contribution in [2.45, 2.75) is 26.5 Å². The van der Waals surface area contributed by atoms with Gasteiger partial charge in [0.1, 0.15) is 11.9 Å². The minimum atomic E-state index is -3.12. The maximum atomic E-state index is 13.1. The topological polar surface area (TPSA) is 56.2 Å². The van der Waals surface area contributed by atoms with Crippen LogP contribution < -0.4 is 10.1 Å². The van der Waals surface area contributed by atoms with E-state index in [2.05, 4.69) is 15.2 Å². The lowest BCUT2D eigenvalue weighted by atomic mass is 10.2. The van der Waals surface area contributed by atoms with E-state index < -0.39 is 30.1 Å². The summed E-state index contributed by atoms with van der Waals surface area (Å²) < 4.78 is 43.4. The molecule has 22 heavy (non-hydrogen) atoms. The molecule has 1 amide bonds. The van der Waals surface area contributed by atoms with Crippen LogP contribution in [-0.4, -0.2) is 22.3 Å².